The minimum Gasteiger partial charge on any atom is -0.264 e. The Morgan fingerprint density at radius 2 is 1.58 bits per heavy atom. The number of sulfone groups is 1. The van der Waals surface area contributed by atoms with Crippen LogP contribution in [0.3, 0.4) is 0 Å². The van der Waals surface area contributed by atoms with Crippen LogP contribution in [0.2, 0.25) is 0 Å². The van der Waals surface area contributed by atoms with Gasteiger partial charge in [-0.05, 0) is 42.8 Å². The monoisotopic (exact) mass is 336 g/mol. The molecule has 2 aromatic heterocycles. The van der Waals surface area contributed by atoms with Crippen LogP contribution in [0.1, 0.15) is 16.7 Å². The zero-order chi connectivity index (χ0) is 17.0. The standard InChI is InChI=1S/C19H16N2O2S/c1-15-6-8-18(9-7-15)24(22,23)19(17-5-3-11-21-14-17)12-16-4-2-10-20-13-16/h2-14H,1H3/b19-12+. The third-order valence-corrected chi connectivity index (χ3v) is 5.37. The third-order valence-electron chi connectivity index (χ3n) is 3.55. The van der Waals surface area contributed by atoms with Crippen molar-refractivity contribution in [1.29, 1.82) is 0 Å². The molecule has 0 unspecified atom stereocenters. The van der Waals surface area contributed by atoms with Gasteiger partial charge < -0.3 is 0 Å². The van der Waals surface area contributed by atoms with Crippen molar-refractivity contribution in [3.8, 4) is 0 Å². The Kier molecular flexibility index (Phi) is 4.53. The molecule has 0 spiro atoms. The highest BCUT2D eigenvalue weighted by molar-refractivity contribution is 8.00. The van der Waals surface area contributed by atoms with Crippen molar-refractivity contribution in [2.45, 2.75) is 11.8 Å². The Balaban J connectivity index is 2.18. The first-order valence-corrected chi connectivity index (χ1v) is 8.89. The lowest BCUT2D eigenvalue weighted by Gasteiger charge is -2.10. The predicted molar refractivity (Wildman–Crippen MR) is 94.7 cm³/mol. The van der Waals surface area contributed by atoms with Crippen molar-refractivity contribution >= 4 is 20.8 Å². The van der Waals surface area contributed by atoms with Crippen LogP contribution >= 0.6 is 0 Å². The van der Waals surface area contributed by atoms with Crippen molar-refractivity contribution in [1.82, 2.24) is 9.97 Å². The van der Waals surface area contributed by atoms with Gasteiger partial charge in [-0.15, -0.1) is 0 Å². The van der Waals surface area contributed by atoms with Crippen LogP contribution in [0.15, 0.2) is 78.2 Å². The van der Waals surface area contributed by atoms with Crippen molar-refractivity contribution < 1.29 is 8.42 Å². The normalized spacial score (nSPS) is 12.1. The maximum atomic E-state index is 13.1. The molecule has 0 aliphatic heterocycles. The Hall–Kier alpha value is -2.79. The van der Waals surface area contributed by atoms with Crippen molar-refractivity contribution in [3.63, 3.8) is 0 Å². The zero-order valence-corrected chi connectivity index (χ0v) is 13.9. The summed E-state index contributed by atoms with van der Waals surface area (Å²) in [6, 6.07) is 13.9. The summed E-state index contributed by atoms with van der Waals surface area (Å²) in [5, 5.41) is 0. The van der Waals surface area contributed by atoms with E-state index in [1.807, 2.05) is 13.0 Å². The lowest BCUT2D eigenvalue weighted by molar-refractivity contribution is 0.606. The van der Waals surface area contributed by atoms with E-state index in [-0.39, 0.29) is 9.80 Å². The van der Waals surface area contributed by atoms with Gasteiger partial charge in [0.05, 0.1) is 9.80 Å². The Bertz CT molecular complexity index is 949. The summed E-state index contributed by atoms with van der Waals surface area (Å²) in [6.07, 6.45) is 8.06. The van der Waals surface area contributed by atoms with Gasteiger partial charge in [-0.2, -0.15) is 0 Å². The number of aromatic nitrogens is 2. The predicted octanol–water partition coefficient (Wildman–Crippen LogP) is 3.76. The second-order valence-electron chi connectivity index (χ2n) is 5.35. The molecule has 120 valence electrons. The number of benzene rings is 1. The second-order valence-corrected chi connectivity index (χ2v) is 7.27. The number of pyridine rings is 2. The largest absolute Gasteiger partial charge is 0.264 e. The molecule has 3 rings (SSSR count). The summed E-state index contributed by atoms with van der Waals surface area (Å²) in [5.41, 5.74) is 2.27. The summed E-state index contributed by atoms with van der Waals surface area (Å²) >= 11 is 0. The van der Waals surface area contributed by atoms with Crippen LogP contribution in [0.25, 0.3) is 11.0 Å². The first kappa shape index (κ1) is 16.1. The van der Waals surface area contributed by atoms with Crippen LogP contribution < -0.4 is 0 Å². The zero-order valence-electron chi connectivity index (χ0n) is 13.1. The molecule has 0 aliphatic rings. The summed E-state index contributed by atoms with van der Waals surface area (Å²) in [5.74, 6) is 0. The molecule has 0 aliphatic carbocycles. The minimum absolute atomic E-state index is 0.201. The molecular weight excluding hydrogens is 320 g/mol. The van der Waals surface area contributed by atoms with Gasteiger partial charge in [0.25, 0.3) is 0 Å². The molecule has 3 aromatic rings. The lowest BCUT2D eigenvalue weighted by Crippen LogP contribution is -2.05. The maximum absolute atomic E-state index is 13.1. The van der Waals surface area contributed by atoms with E-state index in [4.69, 9.17) is 0 Å². The van der Waals surface area contributed by atoms with Gasteiger partial charge >= 0.3 is 0 Å². The minimum atomic E-state index is -3.68. The topological polar surface area (TPSA) is 59.9 Å². The Morgan fingerprint density at radius 1 is 0.917 bits per heavy atom. The molecule has 0 saturated heterocycles. The molecule has 0 N–H and O–H groups in total. The molecule has 0 amide bonds. The molecule has 5 heteroatoms. The van der Waals surface area contributed by atoms with Gasteiger partial charge in [-0.1, -0.05) is 29.8 Å². The quantitative estimate of drug-likeness (QED) is 0.728. The molecule has 0 saturated carbocycles. The first-order chi connectivity index (χ1) is 11.6. The molecule has 1 aromatic carbocycles. The fraction of sp³-hybridized carbons (Fsp3) is 0.0526. The molecule has 2 heterocycles. The molecule has 4 nitrogen and oxygen atoms in total. The summed E-state index contributed by atoms with van der Waals surface area (Å²) in [7, 11) is -3.68. The summed E-state index contributed by atoms with van der Waals surface area (Å²) < 4.78 is 26.3. The van der Waals surface area contributed by atoms with E-state index in [2.05, 4.69) is 9.97 Å². The van der Waals surface area contributed by atoms with Gasteiger partial charge in [0.15, 0.2) is 0 Å². The first-order valence-electron chi connectivity index (χ1n) is 7.41. The highest BCUT2D eigenvalue weighted by Gasteiger charge is 2.22. The van der Waals surface area contributed by atoms with Gasteiger partial charge in [0, 0.05) is 30.4 Å². The summed E-state index contributed by atoms with van der Waals surface area (Å²) in [6.45, 7) is 1.92. The van der Waals surface area contributed by atoms with E-state index in [0.29, 0.717) is 11.1 Å². The van der Waals surface area contributed by atoms with E-state index in [1.165, 1.54) is 0 Å². The third kappa shape index (κ3) is 3.41. The average Bonchev–Trinajstić information content (AvgIpc) is 2.61. The van der Waals surface area contributed by atoms with Gasteiger partial charge in [0.2, 0.25) is 9.84 Å². The smallest absolute Gasteiger partial charge is 0.207 e. The number of nitrogens with zero attached hydrogens (tertiary/aromatic N) is 2. The maximum Gasteiger partial charge on any atom is 0.207 e. The fourth-order valence-corrected chi connectivity index (χ4v) is 3.75. The second kappa shape index (κ2) is 6.76. The molecule has 24 heavy (non-hydrogen) atoms. The summed E-state index contributed by atoms with van der Waals surface area (Å²) in [4.78, 5) is 8.55. The van der Waals surface area contributed by atoms with Crippen molar-refractivity contribution in [3.05, 3.63) is 90.0 Å². The number of hydrogen-bond acceptors (Lipinski definition) is 4. The van der Waals surface area contributed by atoms with E-state index in [9.17, 15) is 8.42 Å². The van der Waals surface area contributed by atoms with Crippen LogP contribution in [-0.2, 0) is 9.84 Å². The molecule has 0 bridgehead atoms. The van der Waals surface area contributed by atoms with E-state index >= 15 is 0 Å². The molecule has 0 radical (unpaired) electrons. The number of hydrogen-bond donors (Lipinski definition) is 0. The average molecular weight is 336 g/mol. The molecular formula is C19H16N2O2S. The van der Waals surface area contributed by atoms with Crippen LogP contribution in [0, 0.1) is 6.92 Å². The van der Waals surface area contributed by atoms with Crippen LogP contribution in [-0.4, -0.2) is 18.4 Å². The highest BCUT2D eigenvalue weighted by atomic mass is 32.2. The van der Waals surface area contributed by atoms with E-state index < -0.39 is 9.84 Å². The Morgan fingerprint density at radius 3 is 2.17 bits per heavy atom. The van der Waals surface area contributed by atoms with Crippen LogP contribution in [0.4, 0.5) is 0 Å². The number of aryl methyl sites for hydroxylation is 1. The van der Waals surface area contributed by atoms with Crippen molar-refractivity contribution in [2.24, 2.45) is 0 Å². The SMILES string of the molecule is Cc1ccc(S(=O)(=O)/C(=C/c2cccnc2)c2cccnc2)cc1. The van der Waals surface area contributed by atoms with Crippen LogP contribution in [0.5, 0.6) is 0 Å². The van der Waals surface area contributed by atoms with Crippen molar-refractivity contribution in [2.75, 3.05) is 0 Å². The number of rotatable bonds is 4. The molecule has 0 fully saturated rings. The van der Waals surface area contributed by atoms with E-state index in [0.717, 1.165) is 5.56 Å². The Labute approximate surface area is 141 Å². The van der Waals surface area contributed by atoms with Gasteiger partial charge in [-0.3, -0.25) is 9.97 Å². The molecule has 0 atom stereocenters. The highest BCUT2D eigenvalue weighted by Crippen LogP contribution is 2.29. The van der Waals surface area contributed by atoms with Gasteiger partial charge in [-0.25, -0.2) is 8.42 Å². The van der Waals surface area contributed by atoms with E-state index in [1.54, 1.807) is 73.3 Å². The van der Waals surface area contributed by atoms with Gasteiger partial charge in [0.1, 0.15) is 0 Å². The fourth-order valence-electron chi connectivity index (χ4n) is 2.28. The lowest BCUT2D eigenvalue weighted by atomic mass is 10.2.